The third-order valence-corrected chi connectivity index (χ3v) is 4.33. The van der Waals surface area contributed by atoms with Crippen molar-refractivity contribution in [2.45, 2.75) is 45.1 Å². The average Bonchev–Trinajstić information content (AvgIpc) is 2.44. The Bertz CT molecular complexity index is 726. The Hall–Kier alpha value is 0.122. The number of benzene rings is 1. The molecule has 0 bridgehead atoms. The fourth-order valence-corrected chi connectivity index (χ4v) is 2.86. The normalized spacial score (nSPS) is 12.6. The number of rotatable bonds is 7. The van der Waals surface area contributed by atoms with Crippen molar-refractivity contribution in [3.8, 4) is 0 Å². The molecule has 1 unspecified atom stereocenters. The average molecular weight is 492 g/mol. The van der Waals surface area contributed by atoms with E-state index >= 15 is 0 Å². The molecule has 2 N–H and O–H groups in total. The van der Waals surface area contributed by atoms with E-state index in [1.807, 2.05) is 27.7 Å². The van der Waals surface area contributed by atoms with Crippen LogP contribution in [-0.4, -0.2) is 105 Å². The standard InChI is InChI=1S/C16H22O7S.Cs.H/c1-9(2)7-13(10(3)4)23-16(19)12-6-5-11(15(17)18)8-14(12)24(20,21)22;;/h5-6,8-10,13H,7H2,1-4H3,(H,17,18)(H,20,21,22);;. The number of hydrogen-bond acceptors (Lipinski definition) is 5. The summed E-state index contributed by atoms with van der Waals surface area (Å²) in [6.07, 6.45) is 0.170. The second-order valence-electron chi connectivity index (χ2n) is 6.31. The van der Waals surface area contributed by atoms with Crippen molar-refractivity contribution >= 4 is 91.0 Å². The van der Waals surface area contributed by atoms with Crippen LogP contribution in [0.2, 0.25) is 0 Å². The number of ether oxygens (including phenoxy) is 1. The van der Waals surface area contributed by atoms with Crippen LogP contribution in [0.25, 0.3) is 0 Å². The second kappa shape index (κ2) is 10.5. The van der Waals surface area contributed by atoms with Crippen molar-refractivity contribution in [3.05, 3.63) is 29.3 Å². The Morgan fingerprint density at radius 2 is 1.72 bits per heavy atom. The summed E-state index contributed by atoms with van der Waals surface area (Å²) in [4.78, 5) is 22.5. The zero-order chi connectivity index (χ0) is 18.7. The Morgan fingerprint density at radius 1 is 1.16 bits per heavy atom. The summed E-state index contributed by atoms with van der Waals surface area (Å²) in [6.45, 7) is 7.68. The molecule has 1 atom stereocenters. The number of hydrogen-bond donors (Lipinski definition) is 2. The molecule has 0 heterocycles. The fourth-order valence-electron chi connectivity index (χ4n) is 2.16. The van der Waals surface area contributed by atoms with E-state index in [0.717, 1.165) is 18.2 Å². The van der Waals surface area contributed by atoms with Crippen LogP contribution in [0.1, 0.15) is 54.8 Å². The molecule has 1 aromatic rings. The van der Waals surface area contributed by atoms with Crippen molar-refractivity contribution < 1.29 is 32.4 Å². The fraction of sp³-hybridized carbons (Fsp3) is 0.500. The molecule has 0 saturated heterocycles. The molecule has 0 fully saturated rings. The maximum atomic E-state index is 12.3. The first-order valence-corrected chi connectivity index (χ1v) is 8.93. The van der Waals surface area contributed by atoms with Crippen LogP contribution in [0.4, 0.5) is 0 Å². The summed E-state index contributed by atoms with van der Waals surface area (Å²) in [5.41, 5.74) is -0.751. The maximum absolute atomic E-state index is 12.3. The molecule has 0 amide bonds. The molecule has 0 radical (unpaired) electrons. The van der Waals surface area contributed by atoms with E-state index < -0.39 is 38.6 Å². The van der Waals surface area contributed by atoms with Gasteiger partial charge in [-0.25, -0.2) is 9.59 Å². The summed E-state index contributed by atoms with van der Waals surface area (Å²) in [7, 11) is -4.78. The minimum atomic E-state index is -4.78. The van der Waals surface area contributed by atoms with Crippen LogP contribution >= 0.6 is 0 Å². The van der Waals surface area contributed by atoms with E-state index in [0.29, 0.717) is 6.42 Å². The van der Waals surface area contributed by atoms with E-state index in [4.69, 9.17) is 9.84 Å². The van der Waals surface area contributed by atoms with Crippen LogP contribution in [0, 0.1) is 11.8 Å². The van der Waals surface area contributed by atoms with Gasteiger partial charge in [0.25, 0.3) is 10.1 Å². The number of esters is 1. The molecule has 136 valence electrons. The molecule has 1 aromatic carbocycles. The van der Waals surface area contributed by atoms with Gasteiger partial charge >= 0.3 is 80.8 Å². The first-order chi connectivity index (χ1) is 10.9. The van der Waals surface area contributed by atoms with Crippen molar-refractivity contribution in [2.75, 3.05) is 0 Å². The Labute approximate surface area is 206 Å². The zero-order valence-electron chi connectivity index (χ0n) is 14.0. The van der Waals surface area contributed by atoms with Gasteiger partial charge in [0.15, 0.2) is 0 Å². The Kier molecular flexibility index (Phi) is 10.5. The molecule has 9 heteroatoms. The van der Waals surface area contributed by atoms with Gasteiger partial charge in [0.05, 0.1) is 11.1 Å². The first kappa shape index (κ1) is 25.1. The number of carboxylic acids is 1. The van der Waals surface area contributed by atoms with Gasteiger partial charge in [-0.1, -0.05) is 27.7 Å². The molecule has 0 saturated carbocycles. The summed E-state index contributed by atoms with van der Waals surface area (Å²) < 4.78 is 37.6. The molecule has 0 aliphatic heterocycles. The number of aromatic carboxylic acids is 1. The van der Waals surface area contributed by atoms with Gasteiger partial charge < -0.3 is 9.84 Å². The van der Waals surface area contributed by atoms with Gasteiger partial charge in [0, 0.05) is 0 Å². The molecule has 0 spiro atoms. The first-order valence-electron chi connectivity index (χ1n) is 7.49. The van der Waals surface area contributed by atoms with E-state index in [1.165, 1.54) is 0 Å². The predicted octanol–water partition coefficient (Wildman–Crippen LogP) is 2.21. The SMILES string of the molecule is CC(C)CC(OC(=O)c1ccc(C(=O)O)cc1S(=O)(=O)O)C(C)C.[CsH]. The van der Waals surface area contributed by atoms with Crippen molar-refractivity contribution in [3.63, 3.8) is 0 Å². The Balaban J connectivity index is 0.00000576. The van der Waals surface area contributed by atoms with Crippen LogP contribution in [0.3, 0.4) is 0 Å². The van der Waals surface area contributed by atoms with Crippen LogP contribution in [-0.2, 0) is 14.9 Å². The van der Waals surface area contributed by atoms with Crippen molar-refractivity contribution in [1.29, 1.82) is 0 Å². The van der Waals surface area contributed by atoms with Gasteiger partial charge in [-0.15, -0.1) is 0 Å². The molecule has 0 aromatic heterocycles. The topological polar surface area (TPSA) is 118 Å². The number of carboxylic acid groups (broad SMARTS) is 1. The van der Waals surface area contributed by atoms with Crippen LogP contribution < -0.4 is 0 Å². The van der Waals surface area contributed by atoms with Gasteiger partial charge in [0.1, 0.15) is 11.0 Å². The van der Waals surface area contributed by atoms with Crippen molar-refractivity contribution in [1.82, 2.24) is 0 Å². The van der Waals surface area contributed by atoms with E-state index in [2.05, 4.69) is 0 Å². The van der Waals surface area contributed by atoms with Gasteiger partial charge in [-0.05, 0) is 36.5 Å². The molecule has 0 aliphatic carbocycles. The van der Waals surface area contributed by atoms with Crippen molar-refractivity contribution in [2.24, 2.45) is 11.8 Å². The van der Waals surface area contributed by atoms with Crippen LogP contribution in [0.5, 0.6) is 0 Å². The molecule has 0 aliphatic rings. The van der Waals surface area contributed by atoms with Gasteiger partial charge in [-0.2, -0.15) is 8.42 Å². The minimum absolute atomic E-state index is 0. The summed E-state index contributed by atoms with van der Waals surface area (Å²) >= 11 is 0. The molecular formula is C16H23CsO7S. The van der Waals surface area contributed by atoms with Gasteiger partial charge in [0.2, 0.25) is 0 Å². The monoisotopic (exact) mass is 492 g/mol. The predicted molar refractivity (Wildman–Crippen MR) is 93.9 cm³/mol. The van der Waals surface area contributed by atoms with E-state index in [1.54, 1.807) is 0 Å². The van der Waals surface area contributed by atoms with E-state index in [-0.39, 0.29) is 86.3 Å². The summed E-state index contributed by atoms with van der Waals surface area (Å²) in [6, 6.07) is 2.85. The third kappa shape index (κ3) is 7.71. The van der Waals surface area contributed by atoms with E-state index in [9.17, 15) is 22.6 Å². The quantitative estimate of drug-likeness (QED) is 0.443. The molecular weight excluding hydrogens is 469 g/mol. The molecule has 7 nitrogen and oxygen atoms in total. The second-order valence-corrected chi connectivity index (χ2v) is 7.70. The number of carbonyl (C=O) groups excluding carboxylic acids is 1. The summed E-state index contributed by atoms with van der Waals surface area (Å²) in [5.74, 6) is -2.01. The molecule has 25 heavy (non-hydrogen) atoms. The zero-order valence-corrected chi connectivity index (χ0v) is 14.8. The molecule has 1 rings (SSSR count). The third-order valence-electron chi connectivity index (χ3n) is 3.43. The Morgan fingerprint density at radius 3 is 2.12 bits per heavy atom. The van der Waals surface area contributed by atoms with Gasteiger partial charge in [-0.3, -0.25) is 4.55 Å². The summed E-state index contributed by atoms with van der Waals surface area (Å²) in [5, 5.41) is 8.93. The number of carbonyl (C=O) groups is 2. The van der Waals surface area contributed by atoms with Crippen LogP contribution in [0.15, 0.2) is 23.1 Å².